The van der Waals surface area contributed by atoms with E-state index in [2.05, 4.69) is 0 Å². The summed E-state index contributed by atoms with van der Waals surface area (Å²) in [5.74, 6) is -0.651. The van der Waals surface area contributed by atoms with Crippen LogP contribution in [0.25, 0.3) is 0 Å². The van der Waals surface area contributed by atoms with Crippen LogP contribution in [0.15, 0.2) is 18.2 Å². The van der Waals surface area contributed by atoms with Crippen molar-refractivity contribution in [3.8, 4) is 0 Å². The van der Waals surface area contributed by atoms with Crippen molar-refractivity contribution in [1.29, 1.82) is 0 Å². The highest BCUT2D eigenvalue weighted by Crippen LogP contribution is 2.24. The van der Waals surface area contributed by atoms with Crippen LogP contribution in [0.3, 0.4) is 0 Å². The fourth-order valence-electron chi connectivity index (χ4n) is 1.53. The molecule has 0 aliphatic carbocycles. The molecule has 1 aromatic rings. The number of ether oxygens (including phenoxy) is 1. The first-order valence-corrected chi connectivity index (χ1v) is 5.59. The number of nitrogens with two attached hydrogens (primary N) is 1. The first kappa shape index (κ1) is 15.1. The molecule has 0 saturated heterocycles. The van der Waals surface area contributed by atoms with Gasteiger partial charge in [0, 0.05) is 18.4 Å². The fourth-order valence-corrected chi connectivity index (χ4v) is 1.53. The third-order valence-corrected chi connectivity index (χ3v) is 2.39. The zero-order valence-electron chi connectivity index (χ0n) is 10.6. The van der Waals surface area contributed by atoms with Crippen LogP contribution in [0.1, 0.15) is 17.3 Å². The second kappa shape index (κ2) is 5.81. The van der Waals surface area contributed by atoms with Crippen LogP contribution >= 0.6 is 0 Å². The second-order valence-electron chi connectivity index (χ2n) is 3.96. The minimum Gasteiger partial charge on any atom is -0.462 e. The number of hydrogen-bond acceptors (Lipinski definition) is 4. The summed E-state index contributed by atoms with van der Waals surface area (Å²) < 4.78 is 41.7. The largest absolute Gasteiger partial charge is 0.462 e. The van der Waals surface area contributed by atoms with Crippen molar-refractivity contribution in [3.05, 3.63) is 23.8 Å². The van der Waals surface area contributed by atoms with E-state index in [0.717, 1.165) is 4.90 Å². The summed E-state index contributed by atoms with van der Waals surface area (Å²) in [6.07, 6.45) is -4.32. The maximum Gasteiger partial charge on any atom is 0.405 e. The van der Waals surface area contributed by atoms with Gasteiger partial charge < -0.3 is 15.4 Å². The fraction of sp³-hybridized carbons (Fsp3) is 0.417. The first-order valence-electron chi connectivity index (χ1n) is 5.59. The maximum atomic E-state index is 12.3. The molecule has 1 rings (SSSR count). The van der Waals surface area contributed by atoms with Crippen molar-refractivity contribution >= 4 is 17.3 Å². The number of carbonyl (C=O) groups excluding carboxylic acids is 1. The number of hydrogen-bond donors (Lipinski definition) is 1. The summed E-state index contributed by atoms with van der Waals surface area (Å²) in [6, 6.07) is 4.09. The third kappa shape index (κ3) is 4.35. The molecule has 0 spiro atoms. The van der Waals surface area contributed by atoms with E-state index in [1.54, 1.807) is 6.92 Å². The number of nitrogen functional groups attached to an aromatic ring is 1. The Morgan fingerprint density at radius 3 is 2.58 bits per heavy atom. The number of halogens is 3. The number of rotatable bonds is 4. The van der Waals surface area contributed by atoms with Gasteiger partial charge in [0.15, 0.2) is 0 Å². The number of benzene rings is 1. The molecule has 2 N–H and O–H groups in total. The Morgan fingerprint density at radius 2 is 2.05 bits per heavy atom. The molecule has 0 radical (unpaired) electrons. The molecule has 0 fully saturated rings. The van der Waals surface area contributed by atoms with Gasteiger partial charge >= 0.3 is 12.1 Å². The summed E-state index contributed by atoms with van der Waals surface area (Å²) in [7, 11) is 1.29. The molecule has 106 valence electrons. The van der Waals surface area contributed by atoms with Crippen molar-refractivity contribution in [2.24, 2.45) is 0 Å². The van der Waals surface area contributed by atoms with Gasteiger partial charge in [-0.1, -0.05) is 0 Å². The molecule has 0 heterocycles. The van der Waals surface area contributed by atoms with Gasteiger partial charge in [0.05, 0.1) is 12.2 Å². The van der Waals surface area contributed by atoms with Crippen LogP contribution in [-0.4, -0.2) is 32.3 Å². The van der Waals surface area contributed by atoms with Crippen LogP contribution in [0, 0.1) is 0 Å². The van der Waals surface area contributed by atoms with Gasteiger partial charge in [-0.3, -0.25) is 0 Å². The molecule has 0 aliphatic heterocycles. The summed E-state index contributed by atoms with van der Waals surface area (Å²) in [4.78, 5) is 12.6. The Kier molecular flexibility index (Phi) is 4.63. The molecule has 0 aliphatic rings. The Labute approximate surface area is 108 Å². The summed E-state index contributed by atoms with van der Waals surface area (Å²) in [6.45, 7) is 0.688. The summed E-state index contributed by atoms with van der Waals surface area (Å²) in [5.41, 5.74) is 6.08. The molecule has 0 unspecified atom stereocenters. The van der Waals surface area contributed by atoms with E-state index >= 15 is 0 Å². The molecule has 4 nitrogen and oxygen atoms in total. The standard InChI is InChI=1S/C12H15F3N2O2/c1-3-19-11(18)9-6-8(4-5-10(9)16)17(2)7-12(13,14)15/h4-6H,3,7,16H2,1-2H3. The summed E-state index contributed by atoms with van der Waals surface area (Å²) in [5, 5.41) is 0. The van der Waals surface area contributed by atoms with E-state index in [-0.39, 0.29) is 23.5 Å². The maximum absolute atomic E-state index is 12.3. The van der Waals surface area contributed by atoms with Gasteiger partial charge in [0.25, 0.3) is 0 Å². The topological polar surface area (TPSA) is 55.6 Å². The number of nitrogens with zero attached hydrogens (tertiary/aromatic N) is 1. The predicted molar refractivity (Wildman–Crippen MR) is 66.1 cm³/mol. The average molecular weight is 276 g/mol. The minimum absolute atomic E-state index is 0.0633. The molecular weight excluding hydrogens is 261 g/mol. The van der Waals surface area contributed by atoms with E-state index in [1.165, 1.54) is 25.2 Å². The van der Waals surface area contributed by atoms with E-state index in [0.29, 0.717) is 0 Å². The lowest BCUT2D eigenvalue weighted by Crippen LogP contribution is -2.31. The van der Waals surface area contributed by atoms with Gasteiger partial charge in [-0.2, -0.15) is 13.2 Å². The first-order chi connectivity index (χ1) is 8.74. The average Bonchev–Trinajstić information content (AvgIpc) is 2.27. The Balaban J connectivity index is 2.98. The minimum atomic E-state index is -4.32. The molecule has 19 heavy (non-hydrogen) atoms. The highest BCUT2D eigenvalue weighted by Gasteiger charge is 2.29. The van der Waals surface area contributed by atoms with Gasteiger partial charge in [-0.25, -0.2) is 4.79 Å². The summed E-state index contributed by atoms with van der Waals surface area (Å²) >= 11 is 0. The second-order valence-corrected chi connectivity index (χ2v) is 3.96. The number of carbonyl (C=O) groups is 1. The highest BCUT2D eigenvalue weighted by atomic mass is 19.4. The van der Waals surface area contributed by atoms with Gasteiger partial charge in [-0.15, -0.1) is 0 Å². The normalized spacial score (nSPS) is 11.2. The van der Waals surface area contributed by atoms with Crippen LogP contribution in [0.2, 0.25) is 0 Å². The zero-order chi connectivity index (χ0) is 14.6. The van der Waals surface area contributed by atoms with Gasteiger partial charge in [-0.05, 0) is 25.1 Å². The molecule has 0 bridgehead atoms. The van der Waals surface area contributed by atoms with Crippen LogP contribution < -0.4 is 10.6 Å². The Bertz CT molecular complexity index is 461. The third-order valence-electron chi connectivity index (χ3n) is 2.39. The molecule has 0 atom stereocenters. The lowest BCUT2D eigenvalue weighted by Gasteiger charge is -2.21. The Hall–Kier alpha value is -1.92. The lowest BCUT2D eigenvalue weighted by molar-refractivity contribution is -0.119. The van der Waals surface area contributed by atoms with Crippen LogP contribution in [0.4, 0.5) is 24.5 Å². The lowest BCUT2D eigenvalue weighted by atomic mass is 10.1. The predicted octanol–water partition coefficient (Wildman–Crippen LogP) is 2.44. The number of anilines is 2. The zero-order valence-corrected chi connectivity index (χ0v) is 10.6. The molecule has 1 aromatic carbocycles. The molecular formula is C12H15F3N2O2. The van der Waals surface area contributed by atoms with Crippen molar-refractivity contribution in [1.82, 2.24) is 0 Å². The van der Waals surface area contributed by atoms with Crippen LogP contribution in [0.5, 0.6) is 0 Å². The van der Waals surface area contributed by atoms with Crippen molar-refractivity contribution in [2.75, 3.05) is 30.8 Å². The SMILES string of the molecule is CCOC(=O)c1cc(N(C)CC(F)(F)F)ccc1N. The highest BCUT2D eigenvalue weighted by molar-refractivity contribution is 5.96. The molecule has 0 aromatic heterocycles. The quantitative estimate of drug-likeness (QED) is 0.678. The number of esters is 1. The van der Waals surface area contributed by atoms with E-state index < -0.39 is 18.7 Å². The Morgan fingerprint density at radius 1 is 1.42 bits per heavy atom. The van der Waals surface area contributed by atoms with Gasteiger partial charge in [0.2, 0.25) is 0 Å². The molecule has 0 saturated carbocycles. The molecule has 0 amide bonds. The van der Waals surface area contributed by atoms with E-state index in [1.807, 2.05) is 0 Å². The van der Waals surface area contributed by atoms with Crippen molar-refractivity contribution in [2.45, 2.75) is 13.1 Å². The van der Waals surface area contributed by atoms with Crippen LogP contribution in [-0.2, 0) is 4.74 Å². The monoisotopic (exact) mass is 276 g/mol. The van der Waals surface area contributed by atoms with Crippen molar-refractivity contribution < 1.29 is 22.7 Å². The van der Waals surface area contributed by atoms with E-state index in [4.69, 9.17) is 10.5 Å². The smallest absolute Gasteiger partial charge is 0.405 e. The number of alkyl halides is 3. The molecule has 7 heteroatoms. The van der Waals surface area contributed by atoms with Gasteiger partial charge in [0.1, 0.15) is 6.54 Å². The van der Waals surface area contributed by atoms with Crippen molar-refractivity contribution in [3.63, 3.8) is 0 Å². The van der Waals surface area contributed by atoms with E-state index in [9.17, 15) is 18.0 Å².